The summed E-state index contributed by atoms with van der Waals surface area (Å²) in [5.41, 5.74) is 2.19. The number of ether oxygens (including phenoxy) is 1. The van der Waals surface area contributed by atoms with Gasteiger partial charge in [0.05, 0.1) is 6.04 Å². The third-order valence-electron chi connectivity index (χ3n) is 7.22. The van der Waals surface area contributed by atoms with Gasteiger partial charge in [-0.25, -0.2) is 14.6 Å². The third kappa shape index (κ3) is 5.50. The number of aromatic nitrogens is 4. The van der Waals surface area contributed by atoms with Crippen LogP contribution in [0.15, 0.2) is 33.9 Å². The number of amides is 1. The summed E-state index contributed by atoms with van der Waals surface area (Å²) in [6.45, 7) is 6.36. The molecule has 3 aromatic rings. The zero-order chi connectivity index (χ0) is 26.9. The van der Waals surface area contributed by atoms with Gasteiger partial charge in [0.1, 0.15) is 11.4 Å². The number of carbonyl (C=O) groups is 1. The van der Waals surface area contributed by atoms with Crippen molar-refractivity contribution in [1.29, 1.82) is 0 Å². The molecule has 1 aliphatic rings. The van der Waals surface area contributed by atoms with Crippen molar-refractivity contribution in [2.75, 3.05) is 6.54 Å². The number of imidazole rings is 1. The molecule has 1 amide bonds. The van der Waals surface area contributed by atoms with E-state index in [4.69, 9.17) is 4.74 Å². The number of unbranched alkanes of at least 4 members (excludes halogenated alkanes) is 3. The van der Waals surface area contributed by atoms with Gasteiger partial charge in [0.15, 0.2) is 11.2 Å². The topological polar surface area (TPSA) is 91.4 Å². The molecule has 0 bridgehead atoms. The Kier molecular flexibility index (Phi) is 7.62. The molecule has 0 fully saturated rings. The van der Waals surface area contributed by atoms with Crippen LogP contribution in [0.2, 0.25) is 0 Å². The second-order valence-corrected chi connectivity index (χ2v) is 11.1. The van der Waals surface area contributed by atoms with Gasteiger partial charge in [-0.15, -0.1) is 0 Å². The average molecular weight is 510 g/mol. The summed E-state index contributed by atoms with van der Waals surface area (Å²) in [6, 6.07) is 8.43. The van der Waals surface area contributed by atoms with Crippen LogP contribution in [0.5, 0.6) is 0 Å². The monoisotopic (exact) mass is 509 g/mol. The fraction of sp³-hybridized carbons (Fsp3) is 0.571. The highest BCUT2D eigenvalue weighted by atomic mass is 16.6. The number of nitrogens with zero attached hydrogens (tertiary/aromatic N) is 5. The SMILES string of the molecule is Cn1c(=O)c2c(nc(CCCCCCN(C(=O)OC(C)(C)C)C3CCc4ccccc43)n2C)n(C)c1=O. The van der Waals surface area contributed by atoms with Gasteiger partial charge in [0, 0.05) is 34.1 Å². The molecule has 1 unspecified atom stereocenters. The number of benzene rings is 1. The van der Waals surface area contributed by atoms with Crippen LogP contribution >= 0.6 is 0 Å². The summed E-state index contributed by atoms with van der Waals surface area (Å²) < 4.78 is 10.1. The summed E-state index contributed by atoms with van der Waals surface area (Å²) in [5, 5.41) is 0. The van der Waals surface area contributed by atoms with Gasteiger partial charge < -0.3 is 14.2 Å². The van der Waals surface area contributed by atoms with E-state index in [9.17, 15) is 14.4 Å². The van der Waals surface area contributed by atoms with Gasteiger partial charge in [0.2, 0.25) is 0 Å². The van der Waals surface area contributed by atoms with Crippen molar-refractivity contribution >= 4 is 17.3 Å². The Balaban J connectivity index is 1.36. The first-order valence-corrected chi connectivity index (χ1v) is 13.2. The predicted molar refractivity (Wildman–Crippen MR) is 144 cm³/mol. The molecule has 200 valence electrons. The van der Waals surface area contributed by atoms with Crippen molar-refractivity contribution in [2.24, 2.45) is 21.1 Å². The lowest BCUT2D eigenvalue weighted by atomic mass is 10.1. The van der Waals surface area contributed by atoms with Crippen molar-refractivity contribution in [3.63, 3.8) is 0 Å². The second kappa shape index (κ2) is 10.6. The van der Waals surface area contributed by atoms with Crippen molar-refractivity contribution < 1.29 is 9.53 Å². The molecule has 0 saturated heterocycles. The van der Waals surface area contributed by atoms with Gasteiger partial charge in [-0.05, 0) is 57.6 Å². The van der Waals surface area contributed by atoms with Crippen LogP contribution in [-0.2, 0) is 38.7 Å². The molecule has 9 nitrogen and oxygen atoms in total. The van der Waals surface area contributed by atoms with Crippen LogP contribution in [-0.4, -0.2) is 41.8 Å². The fourth-order valence-corrected chi connectivity index (χ4v) is 5.26. The summed E-state index contributed by atoms with van der Waals surface area (Å²) in [5.74, 6) is 0.797. The van der Waals surface area contributed by atoms with E-state index in [1.54, 1.807) is 11.6 Å². The Labute approximate surface area is 217 Å². The summed E-state index contributed by atoms with van der Waals surface area (Å²) >= 11 is 0. The summed E-state index contributed by atoms with van der Waals surface area (Å²) in [7, 11) is 4.95. The van der Waals surface area contributed by atoms with Gasteiger partial charge in [-0.3, -0.25) is 13.9 Å². The first-order chi connectivity index (χ1) is 17.5. The van der Waals surface area contributed by atoms with Crippen LogP contribution in [0.3, 0.4) is 0 Å². The summed E-state index contributed by atoms with van der Waals surface area (Å²) in [6.07, 6.45) is 6.11. The molecule has 0 N–H and O–H groups in total. The Morgan fingerprint density at radius 3 is 2.46 bits per heavy atom. The highest BCUT2D eigenvalue weighted by Crippen LogP contribution is 2.36. The smallest absolute Gasteiger partial charge is 0.410 e. The van der Waals surface area contributed by atoms with Crippen molar-refractivity contribution in [2.45, 2.75) is 77.4 Å². The van der Waals surface area contributed by atoms with Crippen molar-refractivity contribution in [3.05, 3.63) is 62.1 Å². The first kappa shape index (κ1) is 26.7. The van der Waals surface area contributed by atoms with Gasteiger partial charge >= 0.3 is 11.8 Å². The zero-order valence-electron chi connectivity index (χ0n) is 22.9. The lowest BCUT2D eigenvalue weighted by molar-refractivity contribution is 0.0154. The molecule has 1 aromatic carbocycles. The van der Waals surface area contributed by atoms with Crippen LogP contribution < -0.4 is 11.2 Å². The maximum Gasteiger partial charge on any atom is 0.410 e. The predicted octanol–water partition coefficient (Wildman–Crippen LogP) is 4.00. The lowest BCUT2D eigenvalue weighted by Gasteiger charge is -2.32. The molecular weight excluding hydrogens is 470 g/mol. The largest absolute Gasteiger partial charge is 0.444 e. The quantitative estimate of drug-likeness (QED) is 0.428. The maximum atomic E-state index is 13.1. The van der Waals surface area contributed by atoms with E-state index < -0.39 is 5.60 Å². The van der Waals surface area contributed by atoms with Gasteiger partial charge in [0.25, 0.3) is 5.56 Å². The lowest BCUT2D eigenvalue weighted by Crippen LogP contribution is -2.39. The Bertz CT molecular complexity index is 1410. The van der Waals surface area contributed by atoms with E-state index in [-0.39, 0.29) is 23.4 Å². The maximum absolute atomic E-state index is 13.1. The summed E-state index contributed by atoms with van der Waals surface area (Å²) in [4.78, 5) is 44.5. The highest BCUT2D eigenvalue weighted by molar-refractivity contribution is 5.71. The van der Waals surface area contributed by atoms with Crippen molar-refractivity contribution in [3.8, 4) is 0 Å². The van der Waals surface area contributed by atoms with E-state index in [0.29, 0.717) is 24.1 Å². The molecule has 37 heavy (non-hydrogen) atoms. The Morgan fingerprint density at radius 2 is 1.73 bits per heavy atom. The molecule has 1 atom stereocenters. The minimum atomic E-state index is -0.538. The molecule has 2 heterocycles. The molecule has 9 heteroatoms. The van der Waals surface area contributed by atoms with E-state index in [1.807, 2.05) is 38.8 Å². The highest BCUT2D eigenvalue weighted by Gasteiger charge is 2.33. The standard InChI is InChI=1S/C28H39N5O4/c1-28(2,3)37-27(36)33(21-17-16-19-13-10-11-14-20(19)21)18-12-8-7-9-15-22-29-24-23(30(22)4)25(34)32(6)26(35)31(24)5/h10-11,13-14,21H,7-9,12,15-18H2,1-6H3. The van der Waals surface area contributed by atoms with E-state index >= 15 is 0 Å². The van der Waals surface area contributed by atoms with Crippen LogP contribution in [0, 0.1) is 0 Å². The number of aryl methyl sites for hydroxylation is 4. The Morgan fingerprint density at radius 1 is 1.03 bits per heavy atom. The van der Waals surface area contributed by atoms with Gasteiger partial charge in [-0.1, -0.05) is 37.1 Å². The molecule has 1 aliphatic carbocycles. The molecule has 0 spiro atoms. The zero-order valence-corrected chi connectivity index (χ0v) is 22.9. The van der Waals surface area contributed by atoms with Crippen molar-refractivity contribution in [1.82, 2.24) is 23.6 Å². The average Bonchev–Trinajstić information content (AvgIpc) is 3.41. The first-order valence-electron chi connectivity index (χ1n) is 13.2. The minimum absolute atomic E-state index is 0.0558. The number of rotatable bonds is 8. The fourth-order valence-electron chi connectivity index (χ4n) is 5.26. The third-order valence-corrected chi connectivity index (χ3v) is 7.22. The number of hydrogen-bond donors (Lipinski definition) is 0. The molecule has 2 aromatic heterocycles. The Hall–Kier alpha value is -3.36. The molecule has 0 aliphatic heterocycles. The van der Waals surface area contributed by atoms with Gasteiger partial charge in [-0.2, -0.15) is 0 Å². The molecule has 0 saturated carbocycles. The number of hydrogen-bond acceptors (Lipinski definition) is 5. The molecule has 0 radical (unpaired) electrons. The van der Waals surface area contributed by atoms with E-state index in [0.717, 1.165) is 48.9 Å². The number of carbonyl (C=O) groups excluding carboxylic acids is 1. The van der Waals surface area contributed by atoms with Crippen LogP contribution in [0.1, 0.15) is 75.9 Å². The normalized spacial score (nSPS) is 15.2. The van der Waals surface area contributed by atoms with Crippen LogP contribution in [0.25, 0.3) is 11.2 Å². The minimum Gasteiger partial charge on any atom is -0.444 e. The van der Waals surface area contributed by atoms with E-state index in [1.165, 1.54) is 22.7 Å². The number of fused-ring (bicyclic) bond motifs is 2. The molecular formula is C28H39N5O4. The van der Waals surface area contributed by atoms with E-state index in [2.05, 4.69) is 23.2 Å². The van der Waals surface area contributed by atoms with Crippen LogP contribution in [0.4, 0.5) is 4.79 Å². The molecule has 4 rings (SSSR count). The second-order valence-electron chi connectivity index (χ2n) is 11.1.